The first-order chi connectivity index (χ1) is 14.6. The Balaban J connectivity index is 1.48. The summed E-state index contributed by atoms with van der Waals surface area (Å²) >= 11 is 0. The van der Waals surface area contributed by atoms with E-state index in [9.17, 15) is 31.2 Å². The Bertz CT molecular complexity index is 1050. The molecule has 31 heavy (non-hydrogen) atoms. The number of esters is 1. The summed E-state index contributed by atoms with van der Waals surface area (Å²) in [6.45, 7) is -0.520. The molecule has 1 N–H and O–H groups in total. The van der Waals surface area contributed by atoms with Crippen LogP contribution in [-0.4, -0.2) is 44.3 Å². The van der Waals surface area contributed by atoms with Gasteiger partial charge in [0.25, 0.3) is 5.91 Å². The Labute approximate surface area is 176 Å². The zero-order valence-corrected chi connectivity index (χ0v) is 17.0. The van der Waals surface area contributed by atoms with E-state index in [2.05, 4.69) is 5.32 Å². The van der Waals surface area contributed by atoms with Crippen molar-refractivity contribution >= 4 is 27.6 Å². The quantitative estimate of drug-likeness (QED) is 0.675. The van der Waals surface area contributed by atoms with Crippen molar-refractivity contribution in [1.29, 1.82) is 0 Å². The zero-order chi connectivity index (χ0) is 22.6. The van der Waals surface area contributed by atoms with Gasteiger partial charge >= 0.3 is 5.97 Å². The fourth-order valence-corrected chi connectivity index (χ4v) is 4.63. The predicted octanol–water partition coefficient (Wildman–Crippen LogP) is 2.69. The fraction of sp³-hybridized carbons (Fsp3) is 0.300. The summed E-state index contributed by atoms with van der Waals surface area (Å²) in [6, 6.07) is 6.95. The van der Waals surface area contributed by atoms with Gasteiger partial charge in [-0.3, -0.25) is 9.59 Å². The lowest BCUT2D eigenvalue weighted by Gasteiger charge is -2.30. The van der Waals surface area contributed by atoms with E-state index in [1.807, 2.05) is 0 Å². The normalized spacial score (nSPS) is 15.5. The van der Waals surface area contributed by atoms with Crippen LogP contribution in [0, 0.1) is 23.4 Å². The minimum Gasteiger partial charge on any atom is -0.455 e. The lowest BCUT2D eigenvalue weighted by Crippen LogP contribution is -2.40. The Hall–Kier alpha value is -2.92. The number of sulfonamides is 1. The molecule has 3 rings (SSSR count). The van der Waals surface area contributed by atoms with Gasteiger partial charge in [0.15, 0.2) is 6.61 Å². The van der Waals surface area contributed by atoms with Crippen molar-refractivity contribution in [2.45, 2.75) is 17.7 Å². The summed E-state index contributed by atoms with van der Waals surface area (Å²) in [5.41, 5.74) is -0.113. The number of benzene rings is 2. The molecule has 0 unspecified atom stereocenters. The van der Waals surface area contributed by atoms with Crippen LogP contribution in [0.1, 0.15) is 12.8 Å². The monoisotopic (exact) mass is 456 g/mol. The Kier molecular flexibility index (Phi) is 6.96. The van der Waals surface area contributed by atoms with Gasteiger partial charge in [-0.05, 0) is 49.2 Å². The van der Waals surface area contributed by atoms with Gasteiger partial charge in [0, 0.05) is 24.8 Å². The number of rotatable bonds is 6. The van der Waals surface area contributed by atoms with Crippen LogP contribution in [0.25, 0.3) is 0 Å². The average Bonchev–Trinajstić information content (AvgIpc) is 2.71. The van der Waals surface area contributed by atoms with E-state index in [4.69, 9.17) is 4.74 Å². The second-order valence-corrected chi connectivity index (χ2v) is 8.88. The molecule has 2 aromatic rings. The molecule has 7 nitrogen and oxygen atoms in total. The number of nitrogens with zero attached hydrogens (tertiary/aromatic N) is 1. The molecule has 0 bridgehead atoms. The van der Waals surface area contributed by atoms with Crippen LogP contribution in [0.2, 0.25) is 0 Å². The van der Waals surface area contributed by atoms with E-state index in [0.29, 0.717) is 6.07 Å². The number of ether oxygens (including phenoxy) is 1. The van der Waals surface area contributed by atoms with Gasteiger partial charge in [-0.25, -0.2) is 21.6 Å². The number of anilines is 1. The molecule has 1 amide bonds. The summed E-state index contributed by atoms with van der Waals surface area (Å²) in [5, 5.41) is 2.22. The number of hydrogen-bond donors (Lipinski definition) is 1. The van der Waals surface area contributed by atoms with Crippen LogP contribution < -0.4 is 5.32 Å². The molecule has 1 aliphatic heterocycles. The third-order valence-electron chi connectivity index (χ3n) is 4.73. The third kappa shape index (κ3) is 5.82. The van der Waals surface area contributed by atoms with E-state index < -0.39 is 51.9 Å². The van der Waals surface area contributed by atoms with E-state index in [-0.39, 0.29) is 36.5 Å². The van der Waals surface area contributed by atoms with Crippen LogP contribution >= 0.6 is 0 Å². The number of carbonyl (C=O) groups is 2. The lowest BCUT2D eigenvalue weighted by atomic mass is 9.98. The van der Waals surface area contributed by atoms with Crippen LogP contribution in [0.3, 0.4) is 0 Å². The van der Waals surface area contributed by atoms with Crippen molar-refractivity contribution in [2.75, 3.05) is 25.0 Å². The molecule has 0 atom stereocenters. The molecule has 0 saturated carbocycles. The standard InChI is InChI=1S/C20H19F3N2O5S/c21-14-1-3-18(4-2-14)31(28,29)25-7-5-13(6-8-25)20(27)30-12-19(26)24-17-10-15(22)9-16(23)11-17/h1-4,9-11,13H,5-8,12H2,(H,24,26). The number of piperidine rings is 1. The van der Waals surface area contributed by atoms with Crippen LogP contribution in [-0.2, 0) is 24.3 Å². The molecule has 2 aromatic carbocycles. The summed E-state index contributed by atoms with van der Waals surface area (Å²) in [4.78, 5) is 24.0. The van der Waals surface area contributed by atoms with Crippen LogP contribution in [0.5, 0.6) is 0 Å². The number of nitrogens with one attached hydrogen (secondary N) is 1. The molecule has 1 saturated heterocycles. The van der Waals surface area contributed by atoms with Gasteiger partial charge in [0.1, 0.15) is 17.5 Å². The molecule has 166 valence electrons. The molecular formula is C20H19F3N2O5S. The van der Waals surface area contributed by atoms with E-state index in [1.54, 1.807) is 0 Å². The molecule has 1 fully saturated rings. The SMILES string of the molecule is O=C(COC(=O)C1CCN(S(=O)(=O)c2ccc(F)cc2)CC1)Nc1cc(F)cc(F)c1. The van der Waals surface area contributed by atoms with Gasteiger partial charge in [0.05, 0.1) is 10.8 Å². The van der Waals surface area contributed by atoms with E-state index >= 15 is 0 Å². The number of carbonyl (C=O) groups excluding carboxylic acids is 2. The van der Waals surface area contributed by atoms with Crippen molar-refractivity contribution in [3.05, 3.63) is 59.9 Å². The van der Waals surface area contributed by atoms with Gasteiger partial charge in [-0.15, -0.1) is 0 Å². The highest BCUT2D eigenvalue weighted by Gasteiger charge is 2.33. The van der Waals surface area contributed by atoms with Gasteiger partial charge in [-0.2, -0.15) is 4.31 Å². The second kappa shape index (κ2) is 9.48. The highest BCUT2D eigenvalue weighted by Crippen LogP contribution is 2.25. The Morgan fingerprint density at radius 1 is 0.968 bits per heavy atom. The number of hydrogen-bond acceptors (Lipinski definition) is 5. The maximum atomic E-state index is 13.1. The summed E-state index contributed by atoms with van der Waals surface area (Å²) in [7, 11) is -3.81. The fourth-order valence-electron chi connectivity index (χ4n) is 3.17. The van der Waals surface area contributed by atoms with Crippen LogP contribution in [0.4, 0.5) is 18.9 Å². The Morgan fingerprint density at radius 2 is 1.55 bits per heavy atom. The van der Waals surface area contributed by atoms with Crippen molar-refractivity contribution < 1.29 is 35.9 Å². The molecular weight excluding hydrogens is 437 g/mol. The molecule has 0 aromatic heterocycles. The third-order valence-corrected chi connectivity index (χ3v) is 6.64. The molecule has 0 spiro atoms. The highest BCUT2D eigenvalue weighted by molar-refractivity contribution is 7.89. The van der Waals surface area contributed by atoms with Crippen LogP contribution in [0.15, 0.2) is 47.4 Å². The summed E-state index contributed by atoms with van der Waals surface area (Å²) in [5.74, 6) is -4.32. The molecule has 1 heterocycles. The van der Waals surface area contributed by atoms with E-state index in [1.165, 1.54) is 16.4 Å². The molecule has 1 aliphatic rings. The number of amides is 1. The summed E-state index contributed by atoms with van der Waals surface area (Å²) < 4.78 is 70.6. The highest BCUT2D eigenvalue weighted by atomic mass is 32.2. The van der Waals surface area contributed by atoms with Crippen molar-refractivity contribution in [3.63, 3.8) is 0 Å². The first-order valence-electron chi connectivity index (χ1n) is 9.33. The minimum absolute atomic E-state index is 0.0413. The van der Waals surface area contributed by atoms with Gasteiger partial charge in [0.2, 0.25) is 10.0 Å². The largest absolute Gasteiger partial charge is 0.455 e. The van der Waals surface area contributed by atoms with Crippen molar-refractivity contribution in [3.8, 4) is 0 Å². The topological polar surface area (TPSA) is 92.8 Å². The predicted molar refractivity (Wildman–Crippen MR) is 104 cm³/mol. The molecule has 0 radical (unpaired) electrons. The Morgan fingerprint density at radius 3 is 2.13 bits per heavy atom. The van der Waals surface area contributed by atoms with E-state index in [0.717, 1.165) is 24.3 Å². The number of halogens is 3. The van der Waals surface area contributed by atoms with Gasteiger partial charge < -0.3 is 10.1 Å². The smallest absolute Gasteiger partial charge is 0.309 e. The van der Waals surface area contributed by atoms with Crippen molar-refractivity contribution in [1.82, 2.24) is 4.31 Å². The van der Waals surface area contributed by atoms with Gasteiger partial charge in [-0.1, -0.05) is 0 Å². The first-order valence-corrected chi connectivity index (χ1v) is 10.8. The lowest BCUT2D eigenvalue weighted by molar-refractivity contribution is -0.152. The average molecular weight is 456 g/mol. The molecule has 11 heteroatoms. The minimum atomic E-state index is -3.81. The maximum Gasteiger partial charge on any atom is 0.309 e. The first kappa shape index (κ1) is 22.8. The summed E-state index contributed by atoms with van der Waals surface area (Å²) in [6.07, 6.45) is 0.381. The maximum absolute atomic E-state index is 13.1. The second-order valence-electron chi connectivity index (χ2n) is 6.95. The van der Waals surface area contributed by atoms with Crippen molar-refractivity contribution in [2.24, 2.45) is 5.92 Å². The molecule has 0 aliphatic carbocycles. The zero-order valence-electron chi connectivity index (χ0n) is 16.2.